The summed E-state index contributed by atoms with van der Waals surface area (Å²) in [5.74, 6) is 0.794. The fraction of sp³-hybridized carbons (Fsp3) is 0.100. The molecule has 1 amide bonds. The zero-order valence-corrected chi connectivity index (χ0v) is 15.8. The van der Waals surface area contributed by atoms with Gasteiger partial charge < -0.3 is 10.3 Å². The van der Waals surface area contributed by atoms with Crippen molar-refractivity contribution >= 4 is 34.5 Å². The van der Waals surface area contributed by atoms with Crippen LogP contribution in [0.15, 0.2) is 59.9 Å². The third-order valence-electron chi connectivity index (χ3n) is 4.08. The zero-order chi connectivity index (χ0) is 19.5. The molecular formula is C20H16FN5OS. The second-order valence-electron chi connectivity index (χ2n) is 5.91. The van der Waals surface area contributed by atoms with Gasteiger partial charge in [-0.1, -0.05) is 6.92 Å². The van der Waals surface area contributed by atoms with Crippen LogP contribution < -0.4 is 5.32 Å². The van der Waals surface area contributed by atoms with E-state index < -0.39 is 0 Å². The quantitative estimate of drug-likeness (QED) is 0.487. The van der Waals surface area contributed by atoms with Crippen LogP contribution in [0.4, 0.5) is 10.1 Å². The van der Waals surface area contributed by atoms with Crippen molar-refractivity contribution in [3.8, 4) is 11.4 Å². The number of aromatic nitrogens is 4. The number of amides is 1. The van der Waals surface area contributed by atoms with E-state index in [1.54, 1.807) is 42.4 Å². The second-order valence-corrected chi connectivity index (χ2v) is 7.21. The fourth-order valence-electron chi connectivity index (χ4n) is 2.79. The van der Waals surface area contributed by atoms with Crippen molar-refractivity contribution in [2.24, 2.45) is 0 Å². The van der Waals surface area contributed by atoms with E-state index in [0.717, 1.165) is 10.6 Å². The minimum absolute atomic E-state index is 0.285. The Morgan fingerprint density at radius 3 is 2.79 bits per heavy atom. The number of benzene rings is 1. The van der Waals surface area contributed by atoms with E-state index in [-0.39, 0.29) is 11.7 Å². The van der Waals surface area contributed by atoms with Gasteiger partial charge in [-0.05, 0) is 42.2 Å². The molecule has 0 saturated heterocycles. The van der Waals surface area contributed by atoms with Crippen molar-refractivity contribution in [3.05, 3.63) is 66.4 Å². The molecule has 0 unspecified atom stereocenters. The molecule has 140 valence electrons. The highest BCUT2D eigenvalue weighted by Gasteiger charge is 2.16. The Bertz CT molecular complexity index is 1140. The van der Waals surface area contributed by atoms with E-state index in [9.17, 15) is 9.18 Å². The molecule has 0 atom stereocenters. The lowest BCUT2D eigenvalue weighted by Gasteiger charge is -2.09. The molecule has 3 aromatic heterocycles. The van der Waals surface area contributed by atoms with Gasteiger partial charge in [0.1, 0.15) is 11.6 Å². The average molecular weight is 393 g/mol. The van der Waals surface area contributed by atoms with Crippen molar-refractivity contribution < 1.29 is 9.18 Å². The molecule has 28 heavy (non-hydrogen) atoms. The lowest BCUT2D eigenvalue weighted by molar-refractivity contribution is 0.102. The van der Waals surface area contributed by atoms with Gasteiger partial charge in [0, 0.05) is 22.9 Å². The molecule has 0 aliphatic rings. The highest BCUT2D eigenvalue weighted by atomic mass is 32.2. The summed E-state index contributed by atoms with van der Waals surface area (Å²) in [6.45, 7) is 2.05. The molecule has 0 aliphatic heterocycles. The monoisotopic (exact) mass is 393 g/mol. The molecule has 0 spiro atoms. The average Bonchev–Trinajstić information content (AvgIpc) is 3.14. The summed E-state index contributed by atoms with van der Waals surface area (Å²) in [5.41, 5.74) is 2.72. The molecule has 0 saturated carbocycles. The molecule has 2 N–H and O–H groups in total. The maximum Gasteiger partial charge on any atom is 0.258 e. The SMILES string of the molecule is CCSc1ccncc1NC(=O)c1ccnc2nc(-c3ccc(F)cc3)[nH]c12. The minimum Gasteiger partial charge on any atom is -0.336 e. The van der Waals surface area contributed by atoms with Gasteiger partial charge in [0.15, 0.2) is 5.65 Å². The van der Waals surface area contributed by atoms with Crippen molar-refractivity contribution in [1.82, 2.24) is 19.9 Å². The standard InChI is InChI=1S/C20H16FN5OS/c1-2-28-16-8-9-22-11-15(16)24-20(27)14-7-10-23-19-17(14)25-18(26-19)12-3-5-13(21)6-4-12/h3-11H,2H2,1H3,(H,24,27)(H,23,25,26). The third kappa shape index (κ3) is 3.59. The number of anilines is 1. The molecule has 0 radical (unpaired) electrons. The normalized spacial score (nSPS) is 10.9. The maximum absolute atomic E-state index is 13.2. The third-order valence-corrected chi connectivity index (χ3v) is 5.04. The molecule has 0 fully saturated rings. The van der Waals surface area contributed by atoms with E-state index in [2.05, 4.69) is 25.3 Å². The van der Waals surface area contributed by atoms with Gasteiger partial charge in [-0.3, -0.25) is 9.78 Å². The van der Waals surface area contributed by atoms with E-state index in [0.29, 0.717) is 33.8 Å². The number of rotatable bonds is 5. The molecule has 0 aliphatic carbocycles. The first kappa shape index (κ1) is 18.1. The number of thioether (sulfide) groups is 1. The molecule has 4 rings (SSSR count). The number of H-pyrrole nitrogens is 1. The minimum atomic E-state index is -0.324. The molecule has 1 aromatic carbocycles. The number of imidazole rings is 1. The van der Waals surface area contributed by atoms with E-state index >= 15 is 0 Å². The van der Waals surface area contributed by atoms with E-state index in [1.807, 2.05) is 13.0 Å². The smallest absolute Gasteiger partial charge is 0.258 e. The predicted molar refractivity (Wildman–Crippen MR) is 108 cm³/mol. The Morgan fingerprint density at radius 2 is 2.00 bits per heavy atom. The molecular weight excluding hydrogens is 377 g/mol. The van der Waals surface area contributed by atoms with Crippen LogP contribution >= 0.6 is 11.8 Å². The lowest BCUT2D eigenvalue weighted by Crippen LogP contribution is -2.13. The van der Waals surface area contributed by atoms with E-state index in [4.69, 9.17) is 0 Å². The second kappa shape index (κ2) is 7.77. The topological polar surface area (TPSA) is 83.6 Å². The molecule has 0 bridgehead atoms. The Balaban J connectivity index is 1.69. The van der Waals surface area contributed by atoms with Crippen molar-refractivity contribution in [3.63, 3.8) is 0 Å². The summed E-state index contributed by atoms with van der Waals surface area (Å²) < 4.78 is 13.2. The van der Waals surface area contributed by atoms with Gasteiger partial charge in [-0.25, -0.2) is 14.4 Å². The number of aromatic amines is 1. The summed E-state index contributed by atoms with van der Waals surface area (Å²) in [4.78, 5) is 29.7. The lowest BCUT2D eigenvalue weighted by atomic mass is 10.2. The predicted octanol–water partition coefficient (Wildman–Crippen LogP) is 4.52. The number of halogens is 1. The number of pyridine rings is 2. The summed E-state index contributed by atoms with van der Waals surface area (Å²) in [7, 11) is 0. The fourth-order valence-corrected chi connectivity index (χ4v) is 3.52. The van der Waals surface area contributed by atoms with Crippen molar-refractivity contribution in [1.29, 1.82) is 0 Å². The van der Waals surface area contributed by atoms with Gasteiger partial charge in [0.2, 0.25) is 0 Å². The van der Waals surface area contributed by atoms with Crippen LogP contribution in [0.5, 0.6) is 0 Å². The van der Waals surface area contributed by atoms with Crippen LogP contribution in [0.25, 0.3) is 22.6 Å². The zero-order valence-electron chi connectivity index (χ0n) is 14.9. The molecule has 6 nitrogen and oxygen atoms in total. The van der Waals surface area contributed by atoms with Crippen LogP contribution in [0.1, 0.15) is 17.3 Å². The molecule has 4 aromatic rings. The summed E-state index contributed by atoms with van der Waals surface area (Å²) in [6.07, 6.45) is 4.87. The van der Waals surface area contributed by atoms with Crippen LogP contribution in [-0.2, 0) is 0 Å². The number of fused-ring (bicyclic) bond motifs is 1. The number of hydrogen-bond acceptors (Lipinski definition) is 5. The summed E-state index contributed by atoms with van der Waals surface area (Å²) in [6, 6.07) is 9.47. The van der Waals surface area contributed by atoms with Gasteiger partial charge in [0.05, 0.1) is 23.0 Å². The number of carbonyl (C=O) groups is 1. The van der Waals surface area contributed by atoms with Gasteiger partial charge in [0.25, 0.3) is 5.91 Å². The largest absolute Gasteiger partial charge is 0.336 e. The Morgan fingerprint density at radius 1 is 1.18 bits per heavy atom. The maximum atomic E-state index is 13.2. The Hall–Kier alpha value is -3.26. The van der Waals surface area contributed by atoms with Gasteiger partial charge >= 0.3 is 0 Å². The summed E-state index contributed by atoms with van der Waals surface area (Å²) >= 11 is 1.63. The number of nitrogens with one attached hydrogen (secondary N) is 2. The van der Waals surface area contributed by atoms with E-state index in [1.165, 1.54) is 18.3 Å². The number of nitrogens with zero attached hydrogens (tertiary/aromatic N) is 3. The van der Waals surface area contributed by atoms with Crippen molar-refractivity contribution in [2.45, 2.75) is 11.8 Å². The Kier molecular flexibility index (Phi) is 5.03. The molecule has 8 heteroatoms. The molecule has 3 heterocycles. The summed E-state index contributed by atoms with van der Waals surface area (Å²) in [5, 5.41) is 2.91. The van der Waals surface area contributed by atoms with Crippen LogP contribution in [-0.4, -0.2) is 31.6 Å². The highest BCUT2D eigenvalue weighted by Crippen LogP contribution is 2.27. The van der Waals surface area contributed by atoms with Gasteiger partial charge in [-0.2, -0.15) is 0 Å². The highest BCUT2D eigenvalue weighted by molar-refractivity contribution is 7.99. The number of hydrogen-bond donors (Lipinski definition) is 2. The van der Waals surface area contributed by atoms with Crippen LogP contribution in [0.3, 0.4) is 0 Å². The van der Waals surface area contributed by atoms with Crippen molar-refractivity contribution in [2.75, 3.05) is 11.1 Å². The van der Waals surface area contributed by atoms with Crippen LogP contribution in [0.2, 0.25) is 0 Å². The first-order chi connectivity index (χ1) is 13.7. The van der Waals surface area contributed by atoms with Crippen LogP contribution in [0, 0.1) is 5.82 Å². The Labute approximate surface area is 164 Å². The first-order valence-electron chi connectivity index (χ1n) is 8.64. The first-order valence-corrected chi connectivity index (χ1v) is 9.63. The van der Waals surface area contributed by atoms with Gasteiger partial charge in [-0.15, -0.1) is 11.8 Å². The number of carbonyl (C=O) groups excluding carboxylic acids is 1.